The van der Waals surface area contributed by atoms with Gasteiger partial charge in [-0.2, -0.15) is 0 Å². The Hall–Kier alpha value is -0.450. The molecule has 1 heterocycles. The SMILES string of the molecule is CC(C)[C@H]1CC(F)(F)CC[C@@H]1O.CC(C)[C@H]1CCC(C)(F)C[C@@H]1O.CC(C)[C@H]1CCCC[C@@H]1O.CC(C)[C@H]1CCCC[C@@H]1O.CC(C)[C@H]1COCC[C@@H]1O. The van der Waals surface area contributed by atoms with Crippen LogP contribution in [0.1, 0.15) is 172 Å². The van der Waals surface area contributed by atoms with E-state index in [2.05, 4.69) is 55.4 Å². The average Bonchev–Trinajstić information content (AvgIpc) is 3.06. The number of hydrogen-bond acceptors (Lipinski definition) is 6. The fourth-order valence-corrected chi connectivity index (χ4v) is 9.18. The molecule has 11 atom stereocenters. The molecule has 1 saturated heterocycles. The zero-order valence-electron chi connectivity index (χ0n) is 36.5. The molecule has 1 unspecified atom stereocenters. The van der Waals surface area contributed by atoms with Crippen LogP contribution in [0.4, 0.5) is 13.2 Å². The number of aliphatic hydroxyl groups excluding tert-OH is 5. The van der Waals surface area contributed by atoms with Gasteiger partial charge in [0.15, 0.2) is 0 Å². The van der Waals surface area contributed by atoms with Crippen molar-refractivity contribution in [2.75, 3.05) is 13.2 Å². The van der Waals surface area contributed by atoms with Gasteiger partial charge in [0.2, 0.25) is 5.92 Å². The standard InChI is InChI=1S/C10H19FO.C9H16F2O.2C9H18O.C8H16O2/c1-7(2)8-4-5-10(3,11)6-9(8)12;1-6(2)7-5-9(10,11)4-3-8(7)12;2*1-7(2)8-5-3-4-6-9(8)10;1-6(2)7-5-10-4-3-8(7)9/h7-9,12H,4-6H2,1-3H3;6-8,12H,3-5H2,1-2H3;2*7-10H,3-6H2,1-2H3;6-9H,3-5H2,1-2H3/t8-,9+,10?;7-,8+;2*8-,9+;7-,8+/m11111/s1. The van der Waals surface area contributed by atoms with Gasteiger partial charge in [0, 0.05) is 31.8 Å². The molecule has 324 valence electrons. The number of alkyl halides is 3. The summed E-state index contributed by atoms with van der Waals surface area (Å²) in [5, 5.41) is 47.6. The molecule has 6 nitrogen and oxygen atoms in total. The first kappa shape index (κ1) is 51.6. The topological polar surface area (TPSA) is 110 Å². The second-order valence-corrected chi connectivity index (χ2v) is 19.6. The Morgan fingerprint density at radius 3 is 1.17 bits per heavy atom. The van der Waals surface area contributed by atoms with Crippen molar-refractivity contribution in [1.82, 2.24) is 0 Å². The van der Waals surface area contributed by atoms with Crippen molar-refractivity contribution in [3.8, 4) is 0 Å². The number of hydrogen-bond donors (Lipinski definition) is 5. The normalized spacial score (nSPS) is 36.9. The molecule has 0 amide bonds. The van der Waals surface area contributed by atoms with E-state index < -0.39 is 23.8 Å². The van der Waals surface area contributed by atoms with E-state index >= 15 is 0 Å². The molecule has 9 heteroatoms. The lowest BCUT2D eigenvalue weighted by Crippen LogP contribution is -2.39. The number of ether oxygens (including phenoxy) is 1. The van der Waals surface area contributed by atoms with E-state index in [0.29, 0.717) is 60.2 Å². The number of halogens is 3. The van der Waals surface area contributed by atoms with E-state index in [1.165, 1.54) is 38.5 Å². The Morgan fingerprint density at radius 1 is 0.444 bits per heavy atom. The Balaban J connectivity index is 0.000000338. The van der Waals surface area contributed by atoms with Crippen LogP contribution in [0.2, 0.25) is 0 Å². The largest absolute Gasteiger partial charge is 0.393 e. The third-order valence-corrected chi connectivity index (χ3v) is 13.2. The van der Waals surface area contributed by atoms with Crippen LogP contribution in [-0.4, -0.2) is 80.9 Å². The fraction of sp³-hybridized carbons (Fsp3) is 1.00. The molecule has 0 aromatic carbocycles. The zero-order valence-corrected chi connectivity index (χ0v) is 36.5. The molecular formula is C45H87F3O6. The summed E-state index contributed by atoms with van der Waals surface area (Å²) in [6, 6.07) is 0. The molecule has 0 bridgehead atoms. The van der Waals surface area contributed by atoms with Crippen molar-refractivity contribution in [3.63, 3.8) is 0 Å². The van der Waals surface area contributed by atoms with Crippen LogP contribution in [-0.2, 0) is 4.74 Å². The summed E-state index contributed by atoms with van der Waals surface area (Å²) in [4.78, 5) is 0. The molecule has 4 aliphatic carbocycles. The predicted octanol–water partition coefficient (Wildman–Crippen LogP) is 10.4. The minimum atomic E-state index is -2.55. The maximum Gasteiger partial charge on any atom is 0.248 e. The molecule has 4 saturated carbocycles. The van der Waals surface area contributed by atoms with Gasteiger partial charge in [0.05, 0.1) is 37.1 Å². The van der Waals surface area contributed by atoms with Gasteiger partial charge < -0.3 is 30.3 Å². The van der Waals surface area contributed by atoms with Crippen molar-refractivity contribution < 1.29 is 43.4 Å². The molecule has 1 aliphatic heterocycles. The molecule has 5 N–H and O–H groups in total. The van der Waals surface area contributed by atoms with Gasteiger partial charge in [0.25, 0.3) is 0 Å². The smallest absolute Gasteiger partial charge is 0.248 e. The van der Waals surface area contributed by atoms with Gasteiger partial charge >= 0.3 is 0 Å². The highest BCUT2D eigenvalue weighted by Crippen LogP contribution is 2.40. The Bertz CT molecular complexity index is 898. The molecule has 0 radical (unpaired) electrons. The van der Waals surface area contributed by atoms with E-state index in [1.807, 2.05) is 13.8 Å². The summed E-state index contributed by atoms with van der Waals surface area (Å²) in [5.74, 6) is 1.51. The van der Waals surface area contributed by atoms with Gasteiger partial charge in [0.1, 0.15) is 5.67 Å². The highest BCUT2D eigenvalue weighted by Gasteiger charge is 2.42. The lowest BCUT2D eigenvalue weighted by Gasteiger charge is -2.37. The maximum atomic E-state index is 13.4. The van der Waals surface area contributed by atoms with Gasteiger partial charge in [-0.1, -0.05) is 94.9 Å². The molecule has 5 aliphatic rings. The zero-order chi connectivity index (χ0) is 41.4. The Morgan fingerprint density at radius 2 is 0.833 bits per heavy atom. The summed E-state index contributed by atoms with van der Waals surface area (Å²) >= 11 is 0. The second kappa shape index (κ2) is 25.1. The third-order valence-electron chi connectivity index (χ3n) is 13.2. The fourth-order valence-electron chi connectivity index (χ4n) is 9.18. The van der Waals surface area contributed by atoms with Crippen LogP contribution in [0.15, 0.2) is 0 Å². The van der Waals surface area contributed by atoms with Crippen molar-refractivity contribution in [2.24, 2.45) is 59.2 Å². The molecule has 0 aromatic rings. The van der Waals surface area contributed by atoms with Crippen LogP contribution in [0.25, 0.3) is 0 Å². The highest BCUT2D eigenvalue weighted by molar-refractivity contribution is 4.89. The summed E-state index contributed by atoms with van der Waals surface area (Å²) in [6.07, 6.45) is 11.0. The van der Waals surface area contributed by atoms with Gasteiger partial charge in [-0.15, -0.1) is 0 Å². The average molecular weight is 781 g/mol. The van der Waals surface area contributed by atoms with Crippen molar-refractivity contribution in [2.45, 2.75) is 215 Å². The minimum absolute atomic E-state index is 0.00579. The summed E-state index contributed by atoms with van der Waals surface area (Å²) in [7, 11) is 0. The molecule has 0 aromatic heterocycles. The molecule has 5 fully saturated rings. The van der Waals surface area contributed by atoms with Gasteiger partial charge in [-0.25, -0.2) is 13.2 Å². The van der Waals surface area contributed by atoms with Crippen molar-refractivity contribution in [1.29, 1.82) is 0 Å². The lowest BCUT2D eigenvalue weighted by molar-refractivity contribution is -0.101. The Kier molecular flexibility index (Phi) is 24.0. The van der Waals surface area contributed by atoms with Crippen LogP contribution in [0, 0.1) is 59.2 Å². The van der Waals surface area contributed by atoms with Crippen LogP contribution >= 0.6 is 0 Å². The molecular weight excluding hydrogens is 693 g/mol. The monoisotopic (exact) mass is 781 g/mol. The van der Waals surface area contributed by atoms with Crippen molar-refractivity contribution >= 4 is 0 Å². The third kappa shape index (κ3) is 19.3. The minimum Gasteiger partial charge on any atom is -0.393 e. The van der Waals surface area contributed by atoms with E-state index in [-0.39, 0.29) is 49.4 Å². The van der Waals surface area contributed by atoms with E-state index in [0.717, 1.165) is 38.9 Å². The first-order valence-electron chi connectivity index (χ1n) is 22.0. The van der Waals surface area contributed by atoms with E-state index in [4.69, 9.17) is 4.74 Å². The van der Waals surface area contributed by atoms with Crippen LogP contribution in [0.3, 0.4) is 0 Å². The quantitative estimate of drug-likeness (QED) is 0.190. The van der Waals surface area contributed by atoms with Gasteiger partial charge in [-0.3, -0.25) is 0 Å². The number of rotatable bonds is 5. The second-order valence-electron chi connectivity index (χ2n) is 19.6. The predicted molar refractivity (Wildman–Crippen MR) is 216 cm³/mol. The van der Waals surface area contributed by atoms with E-state index in [9.17, 15) is 38.7 Å². The summed E-state index contributed by atoms with van der Waals surface area (Å²) < 4.78 is 44.4. The first-order chi connectivity index (χ1) is 25.0. The van der Waals surface area contributed by atoms with Crippen molar-refractivity contribution in [3.05, 3.63) is 0 Å². The van der Waals surface area contributed by atoms with E-state index in [1.54, 1.807) is 6.92 Å². The lowest BCUT2D eigenvalue weighted by atomic mass is 9.74. The summed E-state index contributed by atoms with van der Waals surface area (Å²) in [5.41, 5.74) is -1.13. The molecule has 54 heavy (non-hydrogen) atoms. The van der Waals surface area contributed by atoms with Crippen LogP contribution in [0.5, 0.6) is 0 Å². The van der Waals surface area contributed by atoms with Crippen LogP contribution < -0.4 is 0 Å². The molecule has 0 spiro atoms. The number of aliphatic hydroxyl groups is 5. The first-order valence-corrected chi connectivity index (χ1v) is 22.0. The van der Waals surface area contributed by atoms with Gasteiger partial charge in [-0.05, 0) is 112 Å². The Labute approximate surface area is 329 Å². The summed E-state index contributed by atoms with van der Waals surface area (Å²) in [6.45, 7) is 24.1. The molecule has 5 rings (SSSR count). The highest BCUT2D eigenvalue weighted by atomic mass is 19.3. The maximum absolute atomic E-state index is 13.4.